The van der Waals surface area contributed by atoms with E-state index < -0.39 is 50.8 Å². The van der Waals surface area contributed by atoms with Gasteiger partial charge in [0.25, 0.3) is 5.91 Å². The molecule has 3 aromatic heterocycles. The Balaban J connectivity index is 1.37. The number of alkyl halides is 2. The van der Waals surface area contributed by atoms with Crippen LogP contribution < -0.4 is 14.8 Å². The number of halogens is 3. The van der Waals surface area contributed by atoms with Crippen LogP contribution in [0.25, 0.3) is 22.3 Å². The van der Waals surface area contributed by atoms with Crippen molar-refractivity contribution < 1.29 is 35.9 Å². The lowest BCUT2D eigenvalue weighted by atomic mass is 10.1. The molecule has 1 aliphatic rings. The van der Waals surface area contributed by atoms with Crippen molar-refractivity contribution in [3.8, 4) is 23.0 Å². The van der Waals surface area contributed by atoms with E-state index in [1.165, 1.54) is 7.11 Å². The molecule has 4 aromatic rings. The van der Waals surface area contributed by atoms with Gasteiger partial charge < -0.3 is 14.8 Å². The number of aromatic nitrogens is 3. The monoisotopic (exact) mass is 572 g/mol. The minimum Gasteiger partial charge on any atom is -0.489 e. The second-order valence-electron chi connectivity index (χ2n) is 8.93. The van der Waals surface area contributed by atoms with Crippen LogP contribution in [0.5, 0.6) is 11.6 Å². The maximum Gasteiger partial charge on any atom is 0.251 e. The molecule has 0 spiro atoms. The van der Waals surface area contributed by atoms with Crippen molar-refractivity contribution in [1.29, 1.82) is 0 Å². The van der Waals surface area contributed by atoms with Gasteiger partial charge in [0.2, 0.25) is 21.2 Å². The van der Waals surface area contributed by atoms with Crippen LogP contribution in [0.15, 0.2) is 53.6 Å². The summed E-state index contributed by atoms with van der Waals surface area (Å²) < 4.78 is 76.9. The van der Waals surface area contributed by atoms with E-state index in [0.29, 0.717) is 34.0 Å². The molecule has 5 rings (SSSR count). The number of nitrogens with zero attached hydrogens (tertiary/aromatic N) is 3. The van der Waals surface area contributed by atoms with Crippen LogP contribution in [-0.4, -0.2) is 55.2 Å². The molecule has 1 aliphatic heterocycles. The zero-order valence-corrected chi connectivity index (χ0v) is 22.0. The number of sulfone groups is 1. The normalized spacial score (nSPS) is 16.1. The standard InChI is InChI=1S/C27H23F3N4O5S/c1-38-27-15(6-8-28)2-4-21(34-27)20-5-3-16-13-31-18(12-22(16)33-20)14-32-26(35)17-10-19(29)25-23(11-17)40(36,37)24(30)7-9-39-25/h2-5,10-13,24H,6-9,14H2,1H3,(H,32,35)/t24-/m1/s1. The van der Waals surface area contributed by atoms with Crippen LogP contribution >= 0.6 is 0 Å². The molecule has 1 aromatic carbocycles. The molecule has 0 fully saturated rings. The van der Waals surface area contributed by atoms with E-state index in [1.54, 1.807) is 36.5 Å². The molecule has 208 valence electrons. The summed E-state index contributed by atoms with van der Waals surface area (Å²) in [5.74, 6) is -2.15. The van der Waals surface area contributed by atoms with Crippen LogP contribution in [0.1, 0.15) is 28.0 Å². The number of hydrogen-bond donors (Lipinski definition) is 1. The summed E-state index contributed by atoms with van der Waals surface area (Å²) in [5.41, 5.74) is 0.0929. The third kappa shape index (κ3) is 5.28. The molecule has 0 bridgehead atoms. The molecule has 1 N–H and O–H groups in total. The summed E-state index contributed by atoms with van der Waals surface area (Å²) in [6.45, 7) is -0.934. The topological polar surface area (TPSA) is 120 Å². The van der Waals surface area contributed by atoms with Crippen molar-refractivity contribution in [2.75, 3.05) is 20.4 Å². The fraction of sp³-hybridized carbons (Fsp3) is 0.259. The van der Waals surface area contributed by atoms with Crippen LogP contribution in [-0.2, 0) is 22.8 Å². The van der Waals surface area contributed by atoms with Crippen molar-refractivity contribution in [3.63, 3.8) is 0 Å². The highest BCUT2D eigenvalue weighted by atomic mass is 32.2. The number of methoxy groups -OCH3 is 1. The lowest BCUT2D eigenvalue weighted by molar-refractivity contribution is 0.0949. The van der Waals surface area contributed by atoms with Gasteiger partial charge in [-0.25, -0.2) is 27.2 Å². The Kier molecular flexibility index (Phi) is 7.57. The zero-order valence-electron chi connectivity index (χ0n) is 21.2. The third-order valence-electron chi connectivity index (χ3n) is 6.33. The molecule has 0 radical (unpaired) electrons. The molecule has 0 saturated heterocycles. The number of hydrogen-bond acceptors (Lipinski definition) is 8. The Bertz CT molecular complexity index is 1720. The first kappa shape index (κ1) is 27.3. The van der Waals surface area contributed by atoms with Crippen LogP contribution in [0, 0.1) is 5.82 Å². The Morgan fingerprint density at radius 3 is 2.70 bits per heavy atom. The van der Waals surface area contributed by atoms with E-state index >= 15 is 0 Å². The minimum atomic E-state index is -4.53. The Morgan fingerprint density at radius 2 is 1.93 bits per heavy atom. The lowest BCUT2D eigenvalue weighted by Crippen LogP contribution is -2.24. The highest BCUT2D eigenvalue weighted by Gasteiger charge is 2.35. The largest absolute Gasteiger partial charge is 0.489 e. The van der Waals surface area contributed by atoms with Crippen molar-refractivity contribution in [1.82, 2.24) is 20.3 Å². The van der Waals surface area contributed by atoms with E-state index in [-0.39, 0.29) is 25.1 Å². The molecule has 0 aliphatic carbocycles. The summed E-state index contributed by atoms with van der Waals surface area (Å²) in [7, 11) is -3.07. The smallest absolute Gasteiger partial charge is 0.251 e. The minimum absolute atomic E-state index is 0.0849. The number of amides is 1. The SMILES string of the molecule is COc1nc(-c2ccc3cnc(CNC(=O)c4cc(F)c5c(c4)S(=O)(=O)[C@@H](F)CCO5)cc3n2)ccc1CCF. The number of ether oxygens (including phenoxy) is 2. The summed E-state index contributed by atoms with van der Waals surface area (Å²) in [6, 6.07) is 10.4. The van der Waals surface area contributed by atoms with Crippen LogP contribution in [0.4, 0.5) is 13.2 Å². The van der Waals surface area contributed by atoms with Crippen molar-refractivity contribution in [2.45, 2.75) is 29.8 Å². The molecule has 0 unspecified atom stereocenters. The van der Waals surface area contributed by atoms with E-state index in [4.69, 9.17) is 9.47 Å². The summed E-state index contributed by atoms with van der Waals surface area (Å²) >= 11 is 0. The number of aryl methyl sites for hydroxylation is 1. The van der Waals surface area contributed by atoms with E-state index in [2.05, 4.69) is 20.3 Å². The first-order valence-corrected chi connectivity index (χ1v) is 13.7. The fourth-order valence-electron chi connectivity index (χ4n) is 4.25. The predicted molar refractivity (Wildman–Crippen MR) is 139 cm³/mol. The van der Waals surface area contributed by atoms with E-state index in [1.807, 2.05) is 0 Å². The molecule has 4 heterocycles. The average molecular weight is 573 g/mol. The molecular weight excluding hydrogens is 549 g/mol. The lowest BCUT2D eigenvalue weighted by Gasteiger charge is -2.12. The molecule has 0 saturated carbocycles. The predicted octanol–water partition coefficient (Wildman–Crippen LogP) is 4.13. The zero-order chi connectivity index (χ0) is 28.4. The molecule has 40 heavy (non-hydrogen) atoms. The van der Waals surface area contributed by atoms with Gasteiger partial charge in [-0.05, 0) is 36.4 Å². The maximum absolute atomic E-state index is 14.6. The van der Waals surface area contributed by atoms with Gasteiger partial charge >= 0.3 is 0 Å². The number of carbonyl (C=O) groups is 1. The first-order chi connectivity index (χ1) is 19.2. The van der Waals surface area contributed by atoms with E-state index in [0.717, 1.165) is 17.5 Å². The molecule has 13 heteroatoms. The highest BCUT2D eigenvalue weighted by molar-refractivity contribution is 7.92. The van der Waals surface area contributed by atoms with Gasteiger partial charge in [-0.15, -0.1) is 0 Å². The third-order valence-corrected chi connectivity index (χ3v) is 8.15. The van der Waals surface area contributed by atoms with Gasteiger partial charge in [-0.1, -0.05) is 6.07 Å². The van der Waals surface area contributed by atoms with Gasteiger partial charge in [-0.3, -0.25) is 14.2 Å². The number of pyridine rings is 3. The Labute approximate surface area is 227 Å². The van der Waals surface area contributed by atoms with Crippen molar-refractivity contribution in [3.05, 3.63) is 71.3 Å². The van der Waals surface area contributed by atoms with Gasteiger partial charge in [0.15, 0.2) is 11.6 Å². The molecule has 1 atom stereocenters. The summed E-state index contributed by atoms with van der Waals surface area (Å²) in [5, 5.41) is 3.28. The molecular formula is C27H23F3N4O5S. The second kappa shape index (κ2) is 11.1. The number of nitrogens with one attached hydrogen (secondary N) is 1. The summed E-state index contributed by atoms with van der Waals surface area (Å²) in [6.07, 6.45) is 1.30. The quantitative estimate of drug-likeness (QED) is 0.351. The van der Waals surface area contributed by atoms with Crippen molar-refractivity contribution in [2.24, 2.45) is 0 Å². The highest BCUT2D eigenvalue weighted by Crippen LogP contribution is 2.35. The number of fused-ring (bicyclic) bond motifs is 2. The van der Waals surface area contributed by atoms with Gasteiger partial charge in [0.05, 0.1) is 49.5 Å². The number of rotatable bonds is 7. The van der Waals surface area contributed by atoms with Crippen LogP contribution in [0.3, 0.4) is 0 Å². The maximum atomic E-state index is 14.6. The summed E-state index contributed by atoms with van der Waals surface area (Å²) in [4.78, 5) is 25.4. The fourth-order valence-corrected chi connectivity index (χ4v) is 5.64. The Hall–Kier alpha value is -4.26. The van der Waals surface area contributed by atoms with Crippen LogP contribution in [0.2, 0.25) is 0 Å². The van der Waals surface area contributed by atoms with Gasteiger partial charge in [0.1, 0.15) is 4.90 Å². The number of benzene rings is 1. The average Bonchev–Trinajstić information content (AvgIpc) is 3.07. The van der Waals surface area contributed by atoms with Gasteiger partial charge in [0, 0.05) is 35.6 Å². The number of carbonyl (C=O) groups excluding carboxylic acids is 1. The Morgan fingerprint density at radius 1 is 1.15 bits per heavy atom. The molecule has 9 nitrogen and oxygen atoms in total. The van der Waals surface area contributed by atoms with Gasteiger partial charge in [-0.2, -0.15) is 0 Å². The molecule has 1 amide bonds. The second-order valence-corrected chi connectivity index (χ2v) is 11.0. The van der Waals surface area contributed by atoms with Crippen molar-refractivity contribution >= 4 is 26.6 Å². The van der Waals surface area contributed by atoms with E-state index in [9.17, 15) is 26.4 Å². The first-order valence-electron chi connectivity index (χ1n) is 12.2.